The molecule has 1 saturated carbocycles. The van der Waals surface area contributed by atoms with Crippen LogP contribution >= 0.6 is 0 Å². The second kappa shape index (κ2) is 8.26. The maximum absolute atomic E-state index is 6.33. The van der Waals surface area contributed by atoms with Crippen LogP contribution in [-0.4, -0.2) is 24.8 Å². The van der Waals surface area contributed by atoms with Crippen molar-refractivity contribution in [3.63, 3.8) is 0 Å². The lowest BCUT2D eigenvalue weighted by atomic mass is 9.73. The fourth-order valence-electron chi connectivity index (χ4n) is 3.68. The van der Waals surface area contributed by atoms with Crippen LogP contribution in [-0.2, 0) is 4.74 Å². The summed E-state index contributed by atoms with van der Waals surface area (Å²) in [7, 11) is 0. The normalized spacial score (nSPS) is 29.7. The van der Waals surface area contributed by atoms with Crippen molar-refractivity contribution in [2.24, 2.45) is 11.8 Å². The lowest BCUT2D eigenvalue weighted by Crippen LogP contribution is -2.55. The van der Waals surface area contributed by atoms with Crippen LogP contribution in [0.2, 0.25) is 0 Å². The second-order valence-corrected chi connectivity index (χ2v) is 6.78. The van der Waals surface area contributed by atoms with Crippen LogP contribution in [0.15, 0.2) is 0 Å². The van der Waals surface area contributed by atoms with E-state index >= 15 is 0 Å². The van der Waals surface area contributed by atoms with Gasteiger partial charge in [-0.25, -0.2) is 0 Å². The Balaban J connectivity index is 2.77. The van der Waals surface area contributed by atoms with Crippen LogP contribution in [0.4, 0.5) is 0 Å². The lowest BCUT2D eigenvalue weighted by molar-refractivity contribution is -0.102. The Hall–Kier alpha value is -0.0800. The third kappa shape index (κ3) is 5.07. The smallest absolute Gasteiger partial charge is 0.0837 e. The molecule has 0 saturated heterocycles. The Labute approximate surface area is 120 Å². The molecule has 1 N–H and O–H groups in total. The van der Waals surface area contributed by atoms with E-state index in [0.717, 1.165) is 25.0 Å². The minimum absolute atomic E-state index is 0.0946. The number of nitrogens with one attached hydrogen (secondary N) is 1. The first-order valence-corrected chi connectivity index (χ1v) is 8.41. The molecule has 0 aliphatic heterocycles. The molecule has 0 spiro atoms. The van der Waals surface area contributed by atoms with E-state index in [4.69, 9.17) is 4.74 Å². The number of rotatable bonds is 8. The Morgan fingerprint density at radius 2 is 2.00 bits per heavy atom. The van der Waals surface area contributed by atoms with Crippen molar-refractivity contribution in [2.45, 2.75) is 84.8 Å². The molecule has 19 heavy (non-hydrogen) atoms. The quantitative estimate of drug-likeness (QED) is 0.706. The summed E-state index contributed by atoms with van der Waals surface area (Å²) in [6.07, 6.45) is 7.71. The van der Waals surface area contributed by atoms with Crippen molar-refractivity contribution < 1.29 is 4.74 Å². The van der Waals surface area contributed by atoms with E-state index in [-0.39, 0.29) is 5.60 Å². The van der Waals surface area contributed by atoms with E-state index in [1.165, 1.54) is 38.5 Å². The highest BCUT2D eigenvalue weighted by Crippen LogP contribution is 2.39. The van der Waals surface area contributed by atoms with E-state index in [2.05, 4.69) is 39.9 Å². The summed E-state index contributed by atoms with van der Waals surface area (Å²) in [6, 6.07) is 0.530. The average Bonchev–Trinajstić information content (AvgIpc) is 2.34. The van der Waals surface area contributed by atoms with Gasteiger partial charge in [0.05, 0.1) is 5.60 Å². The highest BCUT2D eigenvalue weighted by molar-refractivity contribution is 4.97. The number of hydrogen-bond donors (Lipinski definition) is 1. The predicted octanol–water partition coefficient (Wildman–Crippen LogP) is 4.39. The first-order valence-electron chi connectivity index (χ1n) is 8.41. The highest BCUT2D eigenvalue weighted by Gasteiger charge is 2.42. The van der Waals surface area contributed by atoms with Gasteiger partial charge in [0.2, 0.25) is 0 Å². The second-order valence-electron chi connectivity index (χ2n) is 6.78. The first-order chi connectivity index (χ1) is 9.04. The molecule has 0 heterocycles. The summed E-state index contributed by atoms with van der Waals surface area (Å²) >= 11 is 0. The van der Waals surface area contributed by atoms with E-state index in [1.807, 2.05) is 0 Å². The van der Waals surface area contributed by atoms with Crippen LogP contribution in [0, 0.1) is 11.8 Å². The van der Waals surface area contributed by atoms with Crippen LogP contribution in [0.1, 0.15) is 73.1 Å². The van der Waals surface area contributed by atoms with E-state index < -0.39 is 0 Å². The van der Waals surface area contributed by atoms with Gasteiger partial charge in [-0.05, 0) is 51.0 Å². The van der Waals surface area contributed by atoms with Crippen molar-refractivity contribution in [1.29, 1.82) is 0 Å². The molecule has 1 rings (SSSR count). The topological polar surface area (TPSA) is 21.3 Å². The monoisotopic (exact) mass is 269 g/mol. The average molecular weight is 269 g/mol. The fourth-order valence-corrected chi connectivity index (χ4v) is 3.68. The Morgan fingerprint density at radius 1 is 1.26 bits per heavy atom. The first kappa shape index (κ1) is 17.0. The molecule has 1 fully saturated rings. The van der Waals surface area contributed by atoms with Crippen molar-refractivity contribution in [3.8, 4) is 0 Å². The predicted molar refractivity (Wildman–Crippen MR) is 83.5 cm³/mol. The molecule has 2 heteroatoms. The molecule has 2 nitrogen and oxygen atoms in total. The Kier molecular flexibility index (Phi) is 7.38. The Bertz CT molecular complexity index is 237. The van der Waals surface area contributed by atoms with E-state index in [1.54, 1.807) is 0 Å². The summed E-state index contributed by atoms with van der Waals surface area (Å²) in [5.74, 6) is 1.58. The molecule has 114 valence electrons. The number of ether oxygens (including phenoxy) is 1. The maximum Gasteiger partial charge on any atom is 0.0837 e. The number of hydrogen-bond acceptors (Lipinski definition) is 2. The van der Waals surface area contributed by atoms with Gasteiger partial charge >= 0.3 is 0 Å². The molecule has 0 aromatic heterocycles. The van der Waals surface area contributed by atoms with Gasteiger partial charge in [0.1, 0.15) is 0 Å². The third-order valence-electron chi connectivity index (χ3n) is 4.54. The SMILES string of the molecule is CCNC(CCC(C)C)C1(OCC)CCCC(C)C1. The van der Waals surface area contributed by atoms with Crippen molar-refractivity contribution in [2.75, 3.05) is 13.2 Å². The van der Waals surface area contributed by atoms with Crippen LogP contribution < -0.4 is 5.32 Å². The standard InChI is InChI=1S/C17H35NO/c1-6-18-16(11-10-14(3)4)17(19-7-2)12-8-9-15(5)13-17/h14-16,18H,6-13H2,1-5H3. The van der Waals surface area contributed by atoms with E-state index in [9.17, 15) is 0 Å². The molecule has 1 aliphatic carbocycles. The largest absolute Gasteiger partial charge is 0.374 e. The van der Waals surface area contributed by atoms with Crippen LogP contribution in [0.25, 0.3) is 0 Å². The van der Waals surface area contributed by atoms with Gasteiger partial charge in [0.15, 0.2) is 0 Å². The maximum atomic E-state index is 6.33. The van der Waals surface area contributed by atoms with Gasteiger partial charge in [0.25, 0.3) is 0 Å². The van der Waals surface area contributed by atoms with Gasteiger partial charge in [-0.3, -0.25) is 0 Å². The number of likely N-dealkylation sites (N-methyl/N-ethyl adjacent to an activating group) is 1. The zero-order valence-corrected chi connectivity index (χ0v) is 13.8. The molecule has 0 amide bonds. The molecule has 3 unspecified atom stereocenters. The molecule has 0 aromatic rings. The summed E-state index contributed by atoms with van der Waals surface area (Å²) in [5, 5.41) is 3.73. The molecule has 3 atom stereocenters. The highest BCUT2D eigenvalue weighted by atomic mass is 16.5. The Morgan fingerprint density at radius 3 is 2.53 bits per heavy atom. The van der Waals surface area contributed by atoms with Gasteiger partial charge in [-0.2, -0.15) is 0 Å². The minimum atomic E-state index is 0.0946. The van der Waals surface area contributed by atoms with Gasteiger partial charge < -0.3 is 10.1 Å². The summed E-state index contributed by atoms with van der Waals surface area (Å²) in [4.78, 5) is 0. The zero-order chi connectivity index (χ0) is 14.3. The van der Waals surface area contributed by atoms with Gasteiger partial charge in [0, 0.05) is 12.6 Å². The van der Waals surface area contributed by atoms with Crippen LogP contribution in [0.3, 0.4) is 0 Å². The fraction of sp³-hybridized carbons (Fsp3) is 1.00. The van der Waals surface area contributed by atoms with Crippen molar-refractivity contribution in [3.05, 3.63) is 0 Å². The third-order valence-corrected chi connectivity index (χ3v) is 4.54. The summed E-state index contributed by atoms with van der Waals surface area (Å²) in [5.41, 5.74) is 0.0946. The van der Waals surface area contributed by atoms with Crippen LogP contribution in [0.5, 0.6) is 0 Å². The molecule has 0 aromatic carbocycles. The molecule has 0 bridgehead atoms. The molecule has 1 aliphatic rings. The lowest BCUT2D eigenvalue weighted by Gasteiger charge is -2.46. The zero-order valence-electron chi connectivity index (χ0n) is 13.8. The molecule has 0 radical (unpaired) electrons. The summed E-state index contributed by atoms with van der Waals surface area (Å²) < 4.78 is 6.33. The van der Waals surface area contributed by atoms with Gasteiger partial charge in [-0.1, -0.05) is 40.5 Å². The van der Waals surface area contributed by atoms with Gasteiger partial charge in [-0.15, -0.1) is 0 Å². The van der Waals surface area contributed by atoms with Crippen molar-refractivity contribution in [1.82, 2.24) is 5.32 Å². The minimum Gasteiger partial charge on any atom is -0.374 e. The van der Waals surface area contributed by atoms with E-state index in [0.29, 0.717) is 6.04 Å². The molecular weight excluding hydrogens is 234 g/mol. The summed E-state index contributed by atoms with van der Waals surface area (Å²) in [6.45, 7) is 13.3. The molecular formula is C17H35NO. The van der Waals surface area contributed by atoms with Crippen molar-refractivity contribution >= 4 is 0 Å².